The smallest absolute Gasteiger partial charge is 0.224 e. The van der Waals surface area contributed by atoms with E-state index in [9.17, 15) is 13.6 Å². The molecule has 0 bridgehead atoms. The van der Waals surface area contributed by atoms with Crippen LogP contribution in [0, 0.1) is 11.6 Å². The molecule has 0 radical (unpaired) electrons. The van der Waals surface area contributed by atoms with Gasteiger partial charge in [0.15, 0.2) is 11.6 Å². The molecule has 1 rings (SSSR count). The van der Waals surface area contributed by atoms with Crippen molar-refractivity contribution in [3.63, 3.8) is 0 Å². The van der Waals surface area contributed by atoms with Crippen molar-refractivity contribution in [2.45, 2.75) is 18.2 Å². The third-order valence-electron chi connectivity index (χ3n) is 2.51. The van der Waals surface area contributed by atoms with Crippen LogP contribution in [0.4, 0.5) is 8.78 Å². The largest absolute Gasteiger partial charge is 0.383 e. The van der Waals surface area contributed by atoms with Crippen LogP contribution in [0.2, 0.25) is 0 Å². The number of nitrogens with one attached hydrogen (secondary N) is 1. The second-order valence-electron chi connectivity index (χ2n) is 4.08. The predicted octanol–water partition coefficient (Wildman–Crippen LogP) is 2.27. The van der Waals surface area contributed by atoms with Crippen LogP contribution in [0.25, 0.3) is 0 Å². The van der Waals surface area contributed by atoms with Crippen LogP contribution in [0.15, 0.2) is 18.2 Å². The maximum absolute atomic E-state index is 13.3. The summed E-state index contributed by atoms with van der Waals surface area (Å²) in [5.41, 5.74) is 0.0387. The van der Waals surface area contributed by atoms with Crippen LogP contribution in [-0.2, 0) is 16.0 Å². The first kappa shape index (κ1) is 15.9. The number of carbonyl (C=O) groups excluding carboxylic acids is 1. The monoisotopic (exact) mass is 291 g/mol. The highest BCUT2D eigenvalue weighted by atomic mass is 35.5. The molecule has 1 aromatic rings. The van der Waals surface area contributed by atoms with Crippen molar-refractivity contribution in [2.75, 3.05) is 20.3 Å². The minimum atomic E-state index is -0.979. The number of methoxy groups -OCH3 is 1. The number of hydrogen-bond donors (Lipinski definition) is 1. The van der Waals surface area contributed by atoms with E-state index in [2.05, 4.69) is 5.32 Å². The summed E-state index contributed by atoms with van der Waals surface area (Å²) in [5, 5.41) is 2.42. The molecular formula is C13H16ClF2NO2. The Morgan fingerprint density at radius 2 is 2.21 bits per heavy atom. The van der Waals surface area contributed by atoms with Crippen LogP contribution in [0.3, 0.4) is 0 Å². The summed E-state index contributed by atoms with van der Waals surface area (Å²) in [5.74, 6) is -2.30. The minimum Gasteiger partial charge on any atom is -0.383 e. The van der Waals surface area contributed by atoms with Gasteiger partial charge in [0.1, 0.15) is 0 Å². The molecule has 0 aliphatic heterocycles. The molecule has 1 atom stereocenters. The Balaban J connectivity index is 2.37. The second kappa shape index (κ2) is 8.07. The Kier molecular flexibility index (Phi) is 6.73. The molecule has 0 aromatic heterocycles. The van der Waals surface area contributed by atoms with Gasteiger partial charge in [-0.3, -0.25) is 4.79 Å². The summed E-state index contributed by atoms with van der Waals surface area (Å²) in [6.07, 6.45) is 0.355. The molecule has 1 N–H and O–H groups in total. The van der Waals surface area contributed by atoms with Crippen molar-refractivity contribution in [1.82, 2.24) is 5.32 Å². The fourth-order valence-electron chi connectivity index (χ4n) is 1.55. The average molecular weight is 292 g/mol. The topological polar surface area (TPSA) is 38.3 Å². The minimum absolute atomic E-state index is 0.0387. The molecule has 1 aromatic carbocycles. The van der Waals surface area contributed by atoms with Gasteiger partial charge in [0.05, 0.1) is 18.4 Å². The number of rotatable bonds is 7. The standard InChI is InChI=1S/C13H16ClF2NO2/c1-19-8-10(14)5-6-17-12(18)7-9-3-2-4-11(15)13(9)16/h2-4,10H,5-8H2,1H3,(H,17,18). The van der Waals surface area contributed by atoms with Crippen molar-refractivity contribution in [3.05, 3.63) is 35.4 Å². The second-order valence-corrected chi connectivity index (χ2v) is 4.70. The molecule has 0 heterocycles. The van der Waals surface area contributed by atoms with Gasteiger partial charge in [0, 0.05) is 19.2 Å². The van der Waals surface area contributed by atoms with Crippen LogP contribution in [0.1, 0.15) is 12.0 Å². The normalized spacial score (nSPS) is 12.2. The van der Waals surface area contributed by atoms with E-state index in [-0.39, 0.29) is 23.3 Å². The lowest BCUT2D eigenvalue weighted by Crippen LogP contribution is -2.28. The Hall–Kier alpha value is -1.20. The first-order valence-electron chi connectivity index (χ1n) is 5.87. The zero-order valence-electron chi connectivity index (χ0n) is 10.6. The molecule has 0 saturated carbocycles. The third-order valence-corrected chi connectivity index (χ3v) is 2.85. The first-order valence-corrected chi connectivity index (χ1v) is 6.30. The van der Waals surface area contributed by atoms with Gasteiger partial charge in [0.25, 0.3) is 0 Å². The molecular weight excluding hydrogens is 276 g/mol. The molecule has 0 spiro atoms. The maximum Gasteiger partial charge on any atom is 0.224 e. The predicted molar refractivity (Wildman–Crippen MR) is 69.2 cm³/mol. The molecule has 106 valence electrons. The summed E-state index contributed by atoms with van der Waals surface area (Å²) < 4.78 is 31.1. The van der Waals surface area contributed by atoms with Crippen molar-refractivity contribution < 1.29 is 18.3 Å². The number of alkyl halides is 1. The number of hydrogen-bond acceptors (Lipinski definition) is 2. The highest BCUT2D eigenvalue weighted by molar-refractivity contribution is 6.20. The van der Waals surface area contributed by atoms with Gasteiger partial charge < -0.3 is 10.1 Å². The van der Waals surface area contributed by atoms with Crippen LogP contribution in [-0.4, -0.2) is 31.5 Å². The van der Waals surface area contributed by atoms with Gasteiger partial charge in [-0.15, -0.1) is 11.6 Å². The molecule has 6 heteroatoms. The Bertz CT molecular complexity index is 429. The highest BCUT2D eigenvalue weighted by Crippen LogP contribution is 2.11. The first-order chi connectivity index (χ1) is 9.04. The summed E-state index contributed by atoms with van der Waals surface area (Å²) in [7, 11) is 1.54. The van der Waals surface area contributed by atoms with Gasteiger partial charge in [-0.05, 0) is 12.5 Å². The van der Waals surface area contributed by atoms with Crippen molar-refractivity contribution in [3.8, 4) is 0 Å². The lowest BCUT2D eigenvalue weighted by atomic mass is 10.1. The van der Waals surface area contributed by atoms with E-state index < -0.39 is 11.6 Å². The van der Waals surface area contributed by atoms with Crippen LogP contribution >= 0.6 is 11.6 Å². The Morgan fingerprint density at radius 3 is 2.89 bits per heavy atom. The van der Waals surface area contributed by atoms with Crippen molar-refractivity contribution >= 4 is 17.5 Å². The van der Waals surface area contributed by atoms with Crippen LogP contribution in [0.5, 0.6) is 0 Å². The molecule has 0 aliphatic rings. The highest BCUT2D eigenvalue weighted by Gasteiger charge is 2.11. The van der Waals surface area contributed by atoms with Gasteiger partial charge in [-0.1, -0.05) is 12.1 Å². The van der Waals surface area contributed by atoms with E-state index in [0.29, 0.717) is 19.6 Å². The Morgan fingerprint density at radius 1 is 1.47 bits per heavy atom. The molecule has 0 aliphatic carbocycles. The molecule has 1 unspecified atom stereocenters. The summed E-state index contributed by atoms with van der Waals surface area (Å²) >= 11 is 5.88. The van der Waals surface area contributed by atoms with E-state index in [4.69, 9.17) is 16.3 Å². The fraction of sp³-hybridized carbons (Fsp3) is 0.462. The van der Waals surface area contributed by atoms with E-state index in [0.717, 1.165) is 6.07 Å². The number of carbonyl (C=O) groups is 1. The van der Waals surface area contributed by atoms with Gasteiger partial charge >= 0.3 is 0 Å². The lowest BCUT2D eigenvalue weighted by Gasteiger charge is -2.09. The van der Waals surface area contributed by atoms with Gasteiger partial charge in [-0.2, -0.15) is 0 Å². The fourth-order valence-corrected chi connectivity index (χ4v) is 1.79. The van der Waals surface area contributed by atoms with Crippen molar-refractivity contribution in [1.29, 1.82) is 0 Å². The molecule has 19 heavy (non-hydrogen) atoms. The quantitative estimate of drug-likeness (QED) is 0.783. The van der Waals surface area contributed by atoms with E-state index >= 15 is 0 Å². The molecule has 1 amide bonds. The summed E-state index contributed by atoms with van der Waals surface area (Å²) in [6.45, 7) is 0.767. The van der Waals surface area contributed by atoms with E-state index in [1.165, 1.54) is 12.1 Å². The van der Waals surface area contributed by atoms with E-state index in [1.54, 1.807) is 7.11 Å². The maximum atomic E-state index is 13.3. The lowest BCUT2D eigenvalue weighted by molar-refractivity contribution is -0.120. The Labute approximate surface area is 115 Å². The number of amides is 1. The average Bonchev–Trinajstić information content (AvgIpc) is 2.35. The number of ether oxygens (including phenoxy) is 1. The number of halogens is 3. The summed E-state index contributed by atoms with van der Waals surface area (Å²) in [6, 6.07) is 3.77. The van der Waals surface area contributed by atoms with Crippen LogP contribution < -0.4 is 5.32 Å². The van der Waals surface area contributed by atoms with Gasteiger partial charge in [0.2, 0.25) is 5.91 Å². The van der Waals surface area contributed by atoms with Crippen molar-refractivity contribution in [2.24, 2.45) is 0 Å². The SMILES string of the molecule is COCC(Cl)CCNC(=O)Cc1cccc(F)c1F. The van der Waals surface area contributed by atoms with Gasteiger partial charge in [-0.25, -0.2) is 8.78 Å². The molecule has 3 nitrogen and oxygen atoms in total. The zero-order valence-corrected chi connectivity index (χ0v) is 11.3. The summed E-state index contributed by atoms with van der Waals surface area (Å²) in [4.78, 5) is 11.5. The molecule has 0 fully saturated rings. The zero-order chi connectivity index (χ0) is 14.3. The molecule has 0 saturated heterocycles. The van der Waals surface area contributed by atoms with E-state index in [1.807, 2.05) is 0 Å². The number of benzene rings is 1. The third kappa shape index (κ3) is 5.53.